The van der Waals surface area contributed by atoms with E-state index in [1.807, 2.05) is 0 Å². The van der Waals surface area contributed by atoms with E-state index in [0.717, 1.165) is 6.42 Å². The van der Waals surface area contributed by atoms with Crippen LogP contribution < -0.4 is 5.32 Å². The second-order valence-corrected chi connectivity index (χ2v) is 5.06. The molecule has 1 aliphatic heterocycles. The number of piperidine rings is 1. The molecule has 0 aliphatic carbocycles. The fourth-order valence-corrected chi connectivity index (χ4v) is 2.42. The van der Waals surface area contributed by atoms with Crippen molar-refractivity contribution in [2.75, 3.05) is 0 Å². The average molecular weight is 229 g/mol. The van der Waals surface area contributed by atoms with E-state index in [0.29, 0.717) is 12.1 Å². The van der Waals surface area contributed by atoms with Crippen molar-refractivity contribution in [2.45, 2.75) is 51.6 Å². The molecule has 0 radical (unpaired) electrons. The summed E-state index contributed by atoms with van der Waals surface area (Å²) in [6.45, 7) is 4.47. The Labute approximate surface area is 105 Å². The van der Waals surface area contributed by atoms with E-state index in [1.165, 1.54) is 30.4 Å². The lowest BCUT2D eigenvalue weighted by atomic mass is 9.98. The third-order valence-corrected chi connectivity index (χ3v) is 3.56. The van der Waals surface area contributed by atoms with Gasteiger partial charge in [-0.3, -0.25) is 0 Å². The molecule has 1 heteroatoms. The van der Waals surface area contributed by atoms with Gasteiger partial charge in [-0.05, 0) is 37.3 Å². The molecule has 0 aromatic heterocycles. The van der Waals surface area contributed by atoms with Gasteiger partial charge in [0.1, 0.15) is 0 Å². The summed E-state index contributed by atoms with van der Waals surface area (Å²) in [5.41, 5.74) is 2.72. The minimum atomic E-state index is 0.560. The molecule has 2 atom stereocenters. The van der Waals surface area contributed by atoms with E-state index in [9.17, 15) is 0 Å². The van der Waals surface area contributed by atoms with Gasteiger partial charge in [-0.2, -0.15) is 0 Å². The summed E-state index contributed by atoms with van der Waals surface area (Å²) < 4.78 is 0. The van der Waals surface area contributed by atoms with Crippen LogP contribution in [0.25, 0.3) is 6.08 Å². The number of hydrogen-bond acceptors (Lipinski definition) is 1. The fourth-order valence-electron chi connectivity index (χ4n) is 2.42. The molecule has 1 nitrogen and oxygen atoms in total. The molecule has 1 aromatic carbocycles. The van der Waals surface area contributed by atoms with Gasteiger partial charge in [-0.1, -0.05) is 49.8 Å². The minimum Gasteiger partial charge on any atom is -0.308 e. The molecule has 0 bridgehead atoms. The Balaban J connectivity index is 1.94. The molecule has 0 saturated carbocycles. The Morgan fingerprint density at radius 2 is 2.00 bits per heavy atom. The standard InChI is InChI=1S/C16H23N/c1-3-14-7-9-15(10-8-14)11-12-16-6-4-5-13(2)17-16/h7-13,16-17H,3-6H2,1-2H3/b12-11+. The predicted octanol–water partition coefficient (Wildman–Crippen LogP) is 3.79. The van der Waals surface area contributed by atoms with Crippen molar-refractivity contribution in [3.8, 4) is 0 Å². The Kier molecular flexibility index (Phi) is 4.38. The second-order valence-electron chi connectivity index (χ2n) is 5.06. The molecular formula is C16H23N. The van der Waals surface area contributed by atoms with Gasteiger partial charge in [0, 0.05) is 12.1 Å². The number of benzene rings is 1. The van der Waals surface area contributed by atoms with Gasteiger partial charge in [-0.15, -0.1) is 0 Å². The van der Waals surface area contributed by atoms with Gasteiger partial charge in [0.25, 0.3) is 0 Å². The first kappa shape index (κ1) is 12.4. The van der Waals surface area contributed by atoms with Gasteiger partial charge in [-0.25, -0.2) is 0 Å². The van der Waals surface area contributed by atoms with E-state index >= 15 is 0 Å². The van der Waals surface area contributed by atoms with Crippen molar-refractivity contribution >= 4 is 6.08 Å². The van der Waals surface area contributed by atoms with Crippen LogP contribution >= 0.6 is 0 Å². The molecule has 2 unspecified atom stereocenters. The van der Waals surface area contributed by atoms with E-state index in [4.69, 9.17) is 0 Å². The molecule has 1 saturated heterocycles. The summed E-state index contributed by atoms with van der Waals surface area (Å²) in [6.07, 6.45) is 9.61. The van der Waals surface area contributed by atoms with Crippen molar-refractivity contribution in [3.05, 3.63) is 41.5 Å². The Morgan fingerprint density at radius 3 is 2.65 bits per heavy atom. The predicted molar refractivity (Wildman–Crippen MR) is 75.1 cm³/mol. The van der Waals surface area contributed by atoms with Crippen LogP contribution in [-0.4, -0.2) is 12.1 Å². The van der Waals surface area contributed by atoms with Crippen LogP contribution in [0, 0.1) is 0 Å². The van der Waals surface area contributed by atoms with Crippen molar-refractivity contribution in [3.63, 3.8) is 0 Å². The zero-order chi connectivity index (χ0) is 12.1. The van der Waals surface area contributed by atoms with Crippen LogP contribution in [-0.2, 0) is 6.42 Å². The van der Waals surface area contributed by atoms with E-state index in [1.54, 1.807) is 0 Å². The molecule has 1 heterocycles. The highest BCUT2D eigenvalue weighted by Gasteiger charge is 2.14. The smallest absolute Gasteiger partial charge is 0.0255 e. The molecule has 1 aliphatic rings. The molecule has 1 N–H and O–H groups in total. The van der Waals surface area contributed by atoms with E-state index in [2.05, 4.69) is 55.6 Å². The summed E-state index contributed by atoms with van der Waals surface area (Å²) >= 11 is 0. The monoisotopic (exact) mass is 229 g/mol. The van der Waals surface area contributed by atoms with Crippen molar-refractivity contribution in [1.82, 2.24) is 5.32 Å². The summed E-state index contributed by atoms with van der Waals surface area (Å²) in [4.78, 5) is 0. The van der Waals surface area contributed by atoms with Crippen LogP contribution in [0.2, 0.25) is 0 Å². The van der Waals surface area contributed by atoms with Crippen LogP contribution in [0.5, 0.6) is 0 Å². The molecule has 0 amide bonds. The highest BCUT2D eigenvalue weighted by Crippen LogP contribution is 2.14. The molecule has 1 aromatic rings. The van der Waals surface area contributed by atoms with Crippen molar-refractivity contribution in [1.29, 1.82) is 0 Å². The average Bonchev–Trinajstić information content (AvgIpc) is 2.37. The molecule has 17 heavy (non-hydrogen) atoms. The number of aryl methyl sites for hydroxylation is 1. The zero-order valence-corrected chi connectivity index (χ0v) is 10.9. The normalized spacial score (nSPS) is 25.3. The molecular weight excluding hydrogens is 206 g/mol. The van der Waals surface area contributed by atoms with Gasteiger partial charge in [0.2, 0.25) is 0 Å². The Bertz CT molecular complexity index is 364. The zero-order valence-electron chi connectivity index (χ0n) is 10.9. The van der Waals surface area contributed by atoms with Gasteiger partial charge < -0.3 is 5.32 Å². The highest BCUT2D eigenvalue weighted by atomic mass is 14.9. The maximum atomic E-state index is 3.62. The van der Waals surface area contributed by atoms with E-state index in [-0.39, 0.29) is 0 Å². The summed E-state index contributed by atoms with van der Waals surface area (Å²) in [5.74, 6) is 0. The topological polar surface area (TPSA) is 12.0 Å². The van der Waals surface area contributed by atoms with Crippen LogP contribution in [0.15, 0.2) is 30.3 Å². The Morgan fingerprint density at radius 1 is 1.24 bits per heavy atom. The first-order chi connectivity index (χ1) is 8.28. The molecule has 92 valence electrons. The lowest BCUT2D eigenvalue weighted by Gasteiger charge is -2.26. The highest BCUT2D eigenvalue weighted by molar-refractivity contribution is 5.50. The van der Waals surface area contributed by atoms with Crippen LogP contribution in [0.3, 0.4) is 0 Å². The summed E-state index contributed by atoms with van der Waals surface area (Å²) in [6, 6.07) is 10.1. The van der Waals surface area contributed by atoms with Gasteiger partial charge in [0.05, 0.1) is 0 Å². The lowest BCUT2D eigenvalue weighted by molar-refractivity contribution is 0.375. The first-order valence-corrected chi connectivity index (χ1v) is 6.81. The number of rotatable bonds is 3. The van der Waals surface area contributed by atoms with Crippen LogP contribution in [0.4, 0.5) is 0 Å². The first-order valence-electron chi connectivity index (χ1n) is 6.81. The third kappa shape index (κ3) is 3.71. The summed E-state index contributed by atoms with van der Waals surface area (Å²) in [7, 11) is 0. The van der Waals surface area contributed by atoms with Gasteiger partial charge in [0.15, 0.2) is 0 Å². The van der Waals surface area contributed by atoms with Gasteiger partial charge >= 0.3 is 0 Å². The van der Waals surface area contributed by atoms with Crippen LogP contribution in [0.1, 0.15) is 44.2 Å². The van der Waals surface area contributed by atoms with E-state index < -0.39 is 0 Å². The Hall–Kier alpha value is -1.08. The van der Waals surface area contributed by atoms with Crippen molar-refractivity contribution < 1.29 is 0 Å². The molecule has 0 spiro atoms. The minimum absolute atomic E-state index is 0.560. The number of nitrogens with one attached hydrogen (secondary N) is 1. The molecule has 2 rings (SSSR count). The van der Waals surface area contributed by atoms with Crippen molar-refractivity contribution in [2.24, 2.45) is 0 Å². The maximum absolute atomic E-state index is 3.62. The number of hydrogen-bond donors (Lipinski definition) is 1. The molecule has 1 fully saturated rings. The second kappa shape index (κ2) is 6.02. The quantitative estimate of drug-likeness (QED) is 0.831. The lowest BCUT2D eigenvalue weighted by Crippen LogP contribution is -2.39. The largest absolute Gasteiger partial charge is 0.308 e. The summed E-state index contributed by atoms with van der Waals surface area (Å²) in [5, 5.41) is 3.62. The maximum Gasteiger partial charge on any atom is 0.0255 e. The fraction of sp³-hybridized carbons (Fsp3) is 0.500. The SMILES string of the molecule is CCc1ccc(/C=C/C2CCCC(C)N2)cc1. The third-order valence-electron chi connectivity index (χ3n) is 3.56.